The minimum absolute atomic E-state index is 0.165. The van der Waals surface area contributed by atoms with Crippen molar-refractivity contribution in [1.29, 1.82) is 0 Å². The van der Waals surface area contributed by atoms with E-state index in [2.05, 4.69) is 99.9 Å². The summed E-state index contributed by atoms with van der Waals surface area (Å²) in [5.41, 5.74) is 14.4. The summed E-state index contributed by atoms with van der Waals surface area (Å²) in [4.78, 5) is 27.9. The molecule has 3 aliphatic rings. The number of rotatable bonds is 5. The van der Waals surface area contributed by atoms with Crippen molar-refractivity contribution in [2.24, 2.45) is 0 Å². The van der Waals surface area contributed by atoms with Crippen LogP contribution in [-0.2, 0) is 0 Å². The molecule has 6 heteroatoms. The van der Waals surface area contributed by atoms with Crippen LogP contribution in [0.2, 0.25) is 0 Å². The zero-order chi connectivity index (χ0) is 33.0. The van der Waals surface area contributed by atoms with Crippen LogP contribution in [0.25, 0.3) is 56.7 Å². The fourth-order valence-corrected chi connectivity index (χ4v) is 7.65. The molecule has 0 saturated carbocycles. The van der Waals surface area contributed by atoms with Crippen molar-refractivity contribution in [3.05, 3.63) is 192 Å². The Bertz CT molecular complexity index is 2480. The fourth-order valence-electron chi connectivity index (χ4n) is 7.65. The van der Waals surface area contributed by atoms with Crippen molar-refractivity contribution in [2.45, 2.75) is 11.8 Å². The second-order valence-corrected chi connectivity index (χ2v) is 12.7. The Morgan fingerprint density at radius 1 is 0.300 bits per heavy atom. The van der Waals surface area contributed by atoms with Crippen molar-refractivity contribution in [3.8, 4) is 56.7 Å². The van der Waals surface area contributed by atoms with Crippen LogP contribution in [0.1, 0.15) is 45.2 Å². The summed E-state index contributed by atoms with van der Waals surface area (Å²) in [6.45, 7) is 0. The lowest BCUT2D eigenvalue weighted by atomic mass is 9.60. The van der Waals surface area contributed by atoms with E-state index in [0.29, 0.717) is 17.5 Å². The Hall–Kier alpha value is -6.66. The Labute approximate surface area is 289 Å². The van der Waals surface area contributed by atoms with Crippen LogP contribution < -0.4 is 0 Å². The Kier molecular flexibility index (Phi) is 6.52. The Morgan fingerprint density at radius 2 is 0.760 bits per heavy atom. The van der Waals surface area contributed by atoms with Gasteiger partial charge in [-0.1, -0.05) is 103 Å². The molecule has 0 aliphatic heterocycles. The topological polar surface area (TPSA) is 77.3 Å². The molecule has 0 fully saturated rings. The third-order valence-corrected chi connectivity index (χ3v) is 9.94. The van der Waals surface area contributed by atoms with Crippen LogP contribution in [0.5, 0.6) is 0 Å². The number of hydrogen-bond acceptors (Lipinski definition) is 6. The summed E-state index contributed by atoms with van der Waals surface area (Å²) in [6, 6.07) is 47.0. The molecular weight excluding hydrogens is 613 g/mol. The van der Waals surface area contributed by atoms with Gasteiger partial charge in [-0.2, -0.15) is 0 Å². The first-order chi connectivity index (χ1) is 24.8. The van der Waals surface area contributed by atoms with Crippen LogP contribution in [-0.4, -0.2) is 29.9 Å². The van der Waals surface area contributed by atoms with E-state index in [1.165, 1.54) is 38.9 Å². The highest BCUT2D eigenvalue weighted by molar-refractivity contribution is 5.76. The van der Waals surface area contributed by atoms with Gasteiger partial charge in [-0.25, -0.2) is 24.9 Å². The highest BCUT2D eigenvalue weighted by Gasteiger charge is 2.41. The van der Waals surface area contributed by atoms with E-state index in [-0.39, 0.29) is 11.8 Å². The lowest BCUT2D eigenvalue weighted by molar-refractivity contribution is 0.755. The van der Waals surface area contributed by atoms with Crippen LogP contribution >= 0.6 is 0 Å². The molecule has 2 unspecified atom stereocenters. The van der Waals surface area contributed by atoms with E-state index >= 15 is 0 Å². The first-order valence-corrected chi connectivity index (χ1v) is 16.7. The first-order valence-electron chi connectivity index (χ1n) is 16.7. The van der Waals surface area contributed by atoms with E-state index in [1.807, 2.05) is 48.5 Å². The van der Waals surface area contributed by atoms with Crippen LogP contribution in [0.4, 0.5) is 0 Å². The molecule has 234 valence electrons. The third kappa shape index (κ3) is 4.65. The average molecular weight is 641 g/mol. The van der Waals surface area contributed by atoms with Gasteiger partial charge in [0.15, 0.2) is 23.3 Å². The highest BCUT2D eigenvalue weighted by Crippen LogP contribution is 2.56. The van der Waals surface area contributed by atoms with Gasteiger partial charge >= 0.3 is 0 Å². The van der Waals surface area contributed by atoms with Crippen molar-refractivity contribution in [1.82, 2.24) is 29.9 Å². The minimum atomic E-state index is 0.165. The molecule has 50 heavy (non-hydrogen) atoms. The summed E-state index contributed by atoms with van der Waals surface area (Å²) < 4.78 is 0. The van der Waals surface area contributed by atoms with Crippen molar-refractivity contribution >= 4 is 0 Å². The Balaban J connectivity index is 1.03. The van der Waals surface area contributed by atoms with Crippen molar-refractivity contribution in [2.75, 3.05) is 0 Å². The number of nitrogens with zero attached hydrogens (tertiary/aromatic N) is 6. The van der Waals surface area contributed by atoms with E-state index < -0.39 is 0 Å². The molecular formula is C44H28N6. The zero-order valence-electron chi connectivity index (χ0n) is 26.8. The molecule has 6 nitrogen and oxygen atoms in total. The minimum Gasteiger partial charge on any atom is -0.265 e. The molecule has 0 saturated heterocycles. The molecule has 0 amide bonds. The van der Waals surface area contributed by atoms with Crippen LogP contribution in [0.15, 0.2) is 158 Å². The van der Waals surface area contributed by atoms with Gasteiger partial charge in [0.25, 0.3) is 0 Å². The first kappa shape index (κ1) is 28.4. The van der Waals surface area contributed by atoms with E-state index in [4.69, 9.17) is 15.0 Å². The normalized spacial score (nSPS) is 15.2. The van der Waals surface area contributed by atoms with E-state index in [9.17, 15) is 0 Å². The summed E-state index contributed by atoms with van der Waals surface area (Å²) >= 11 is 0. The smallest absolute Gasteiger partial charge is 0.164 e. The quantitative estimate of drug-likeness (QED) is 0.187. The molecule has 0 spiro atoms. The summed E-state index contributed by atoms with van der Waals surface area (Å²) in [5.74, 6) is 2.98. The van der Waals surface area contributed by atoms with Gasteiger partial charge in [0.2, 0.25) is 0 Å². The third-order valence-electron chi connectivity index (χ3n) is 9.94. The predicted molar refractivity (Wildman–Crippen MR) is 195 cm³/mol. The molecule has 3 heterocycles. The SMILES string of the molecule is c1ccc(-c2nc(-c3ccncc3)nc(-c3ccc(-c4ccc5c(c4)C4c6ccccc6C5c5cc(-c6ncccn6)ccc54)cc3)n2)cc1. The van der Waals surface area contributed by atoms with Gasteiger partial charge < -0.3 is 0 Å². The second-order valence-electron chi connectivity index (χ2n) is 12.7. The van der Waals surface area contributed by atoms with Crippen LogP contribution in [0.3, 0.4) is 0 Å². The van der Waals surface area contributed by atoms with Crippen LogP contribution in [0, 0.1) is 0 Å². The number of pyridine rings is 1. The largest absolute Gasteiger partial charge is 0.265 e. The maximum absolute atomic E-state index is 4.91. The lowest BCUT2D eigenvalue weighted by Gasteiger charge is -2.42. The maximum Gasteiger partial charge on any atom is 0.164 e. The summed E-state index contributed by atoms with van der Waals surface area (Å²) in [5, 5.41) is 0. The lowest BCUT2D eigenvalue weighted by Crippen LogP contribution is -2.27. The van der Waals surface area contributed by atoms with E-state index in [1.54, 1.807) is 24.8 Å². The molecule has 0 N–H and O–H groups in total. The van der Waals surface area contributed by atoms with Gasteiger partial charge in [-0.3, -0.25) is 4.98 Å². The number of benzene rings is 5. The van der Waals surface area contributed by atoms with Gasteiger partial charge in [0.05, 0.1) is 0 Å². The van der Waals surface area contributed by atoms with Crippen molar-refractivity contribution < 1.29 is 0 Å². The van der Waals surface area contributed by atoms with Gasteiger partial charge in [0.1, 0.15) is 0 Å². The molecule has 11 rings (SSSR count). The number of aromatic nitrogens is 6. The van der Waals surface area contributed by atoms with Gasteiger partial charge in [0, 0.05) is 58.9 Å². The maximum atomic E-state index is 4.91. The van der Waals surface area contributed by atoms with Crippen molar-refractivity contribution in [3.63, 3.8) is 0 Å². The molecule has 2 atom stereocenters. The standard InChI is InChI=1S/C44H28N6/c1-2-7-28(8-3-1)42-48-43(50-44(49-42)30-19-23-45-24-20-30)29-13-11-27(12-14-29)31-15-17-35-37(25-31)39-33-9-4-5-10-34(33)40(35)38-26-32(16-18-36(38)39)41-46-21-6-22-47-41/h1-26,39-40H. The van der Waals surface area contributed by atoms with E-state index in [0.717, 1.165) is 33.6 Å². The molecule has 8 aromatic rings. The molecule has 3 aliphatic carbocycles. The monoisotopic (exact) mass is 640 g/mol. The zero-order valence-corrected chi connectivity index (χ0v) is 26.8. The highest BCUT2D eigenvalue weighted by atomic mass is 15.0. The summed E-state index contributed by atoms with van der Waals surface area (Å²) in [7, 11) is 0. The molecule has 2 bridgehead atoms. The summed E-state index contributed by atoms with van der Waals surface area (Å²) in [6.07, 6.45) is 7.12. The Morgan fingerprint density at radius 3 is 1.38 bits per heavy atom. The van der Waals surface area contributed by atoms with Gasteiger partial charge in [-0.15, -0.1) is 0 Å². The number of hydrogen-bond donors (Lipinski definition) is 0. The molecule has 0 radical (unpaired) electrons. The van der Waals surface area contributed by atoms with Gasteiger partial charge in [-0.05, 0) is 74.8 Å². The second kappa shape index (κ2) is 11.5. The fraction of sp³-hybridized carbons (Fsp3) is 0.0455. The molecule has 5 aromatic carbocycles. The average Bonchev–Trinajstić information content (AvgIpc) is 3.21. The predicted octanol–water partition coefficient (Wildman–Crippen LogP) is 9.38. The molecule has 3 aromatic heterocycles.